The molecule has 0 aromatic heterocycles. The molecule has 1 aromatic carbocycles. The summed E-state index contributed by atoms with van der Waals surface area (Å²) < 4.78 is 10.6. The van der Waals surface area contributed by atoms with Crippen molar-refractivity contribution in [2.75, 3.05) is 23.9 Å². The Morgan fingerprint density at radius 3 is 2.56 bits per heavy atom. The number of nitrogens with one attached hydrogen (secondary N) is 1. The second-order valence-electron chi connectivity index (χ2n) is 3.45. The first-order chi connectivity index (χ1) is 8.61. The highest BCUT2D eigenvalue weighted by atomic mass is 79.9. The summed E-state index contributed by atoms with van der Waals surface area (Å²) in [5, 5.41) is 13.4. The molecule has 0 fully saturated rings. The van der Waals surface area contributed by atoms with E-state index in [4.69, 9.17) is 9.47 Å². The number of nitrogens with zero attached hydrogens (tertiary/aromatic N) is 1. The largest absolute Gasteiger partial charge is 0.486 e. The maximum absolute atomic E-state index is 11.3. The summed E-state index contributed by atoms with van der Waals surface area (Å²) in [6, 6.07) is 2.64. The van der Waals surface area contributed by atoms with E-state index in [2.05, 4.69) is 21.2 Å². The van der Waals surface area contributed by atoms with Crippen LogP contribution in [0.2, 0.25) is 0 Å². The van der Waals surface area contributed by atoms with Gasteiger partial charge < -0.3 is 14.8 Å². The summed E-state index contributed by atoms with van der Waals surface area (Å²) in [5.41, 5.74) is -0.137. The van der Waals surface area contributed by atoms with Crippen LogP contribution >= 0.6 is 15.9 Å². The standard InChI is InChI=1S/C10H9BrN2O5/c11-5-10(14)12-6-3-8-9(18-2-1-17-8)4-7(6)13(15)16/h3-4H,1-2,5H2,(H,12,14). The highest BCUT2D eigenvalue weighted by Gasteiger charge is 2.23. The quantitative estimate of drug-likeness (QED) is 0.520. The highest BCUT2D eigenvalue weighted by Crippen LogP contribution is 2.39. The third-order valence-electron chi connectivity index (χ3n) is 2.25. The Hall–Kier alpha value is -1.83. The minimum absolute atomic E-state index is 0.0542. The molecule has 0 aliphatic carbocycles. The first-order valence-corrected chi connectivity index (χ1v) is 6.18. The number of rotatable bonds is 3. The van der Waals surface area contributed by atoms with Gasteiger partial charge in [-0.3, -0.25) is 14.9 Å². The third kappa shape index (κ3) is 2.53. The highest BCUT2D eigenvalue weighted by molar-refractivity contribution is 9.09. The van der Waals surface area contributed by atoms with E-state index in [0.29, 0.717) is 24.7 Å². The van der Waals surface area contributed by atoms with Gasteiger partial charge in [-0.05, 0) is 0 Å². The average Bonchev–Trinajstić information content (AvgIpc) is 2.37. The molecule has 1 N–H and O–H groups in total. The van der Waals surface area contributed by atoms with Gasteiger partial charge in [-0.1, -0.05) is 15.9 Å². The molecule has 0 unspecified atom stereocenters. The number of alkyl halides is 1. The van der Waals surface area contributed by atoms with Crippen molar-refractivity contribution >= 4 is 33.2 Å². The van der Waals surface area contributed by atoms with Crippen molar-refractivity contribution < 1.29 is 19.2 Å². The summed E-state index contributed by atoms with van der Waals surface area (Å²) >= 11 is 2.97. The topological polar surface area (TPSA) is 90.7 Å². The van der Waals surface area contributed by atoms with Crippen molar-refractivity contribution in [3.05, 3.63) is 22.2 Å². The molecular formula is C10H9BrN2O5. The van der Waals surface area contributed by atoms with Gasteiger partial charge in [0.2, 0.25) is 5.91 Å². The van der Waals surface area contributed by atoms with Gasteiger partial charge in [0.15, 0.2) is 11.5 Å². The molecule has 1 heterocycles. The van der Waals surface area contributed by atoms with E-state index in [9.17, 15) is 14.9 Å². The third-order valence-corrected chi connectivity index (χ3v) is 2.76. The minimum Gasteiger partial charge on any atom is -0.486 e. The molecular weight excluding hydrogens is 308 g/mol. The van der Waals surface area contributed by atoms with Crippen molar-refractivity contribution in [1.29, 1.82) is 0 Å². The molecule has 2 rings (SSSR count). The monoisotopic (exact) mass is 316 g/mol. The number of halogens is 1. The predicted octanol–water partition coefficient (Wildman–Crippen LogP) is 1.70. The fourth-order valence-electron chi connectivity index (χ4n) is 1.51. The lowest BCUT2D eigenvalue weighted by Gasteiger charge is -2.19. The van der Waals surface area contributed by atoms with E-state index >= 15 is 0 Å². The Bertz CT molecular complexity index is 505. The van der Waals surface area contributed by atoms with E-state index in [-0.39, 0.29) is 22.6 Å². The summed E-state index contributed by atoms with van der Waals surface area (Å²) in [5.74, 6) is 0.316. The normalized spacial score (nSPS) is 12.9. The number of nitro benzene ring substituents is 1. The number of anilines is 1. The summed E-state index contributed by atoms with van der Waals surface area (Å²) in [7, 11) is 0. The number of hydrogen-bond donors (Lipinski definition) is 1. The van der Waals surface area contributed by atoms with Gasteiger partial charge in [-0.25, -0.2) is 0 Å². The lowest BCUT2D eigenvalue weighted by Crippen LogP contribution is -2.17. The molecule has 0 spiro atoms. The van der Waals surface area contributed by atoms with E-state index in [1.54, 1.807) is 0 Å². The van der Waals surface area contributed by atoms with Gasteiger partial charge in [0.1, 0.15) is 18.9 Å². The molecule has 0 atom stereocenters. The number of benzene rings is 1. The molecule has 18 heavy (non-hydrogen) atoms. The van der Waals surface area contributed by atoms with Gasteiger partial charge in [-0.2, -0.15) is 0 Å². The molecule has 1 amide bonds. The van der Waals surface area contributed by atoms with Crippen molar-refractivity contribution in [2.24, 2.45) is 0 Å². The lowest BCUT2D eigenvalue weighted by atomic mass is 10.2. The Morgan fingerprint density at radius 1 is 1.39 bits per heavy atom. The van der Waals surface area contributed by atoms with Crippen LogP contribution in [0.1, 0.15) is 0 Å². The van der Waals surface area contributed by atoms with E-state index < -0.39 is 4.92 Å². The number of amides is 1. The van der Waals surface area contributed by atoms with Crippen LogP contribution in [0.5, 0.6) is 11.5 Å². The van der Waals surface area contributed by atoms with E-state index in [1.165, 1.54) is 12.1 Å². The van der Waals surface area contributed by atoms with Crippen LogP contribution in [0.3, 0.4) is 0 Å². The first kappa shape index (κ1) is 12.6. The maximum Gasteiger partial charge on any atom is 0.296 e. The molecule has 1 aromatic rings. The van der Waals surface area contributed by atoms with Crippen LogP contribution in [0, 0.1) is 10.1 Å². The Labute approximate surface area is 110 Å². The average molecular weight is 317 g/mol. The maximum atomic E-state index is 11.3. The SMILES string of the molecule is O=C(CBr)Nc1cc2c(cc1[N+](=O)[O-])OCCO2. The van der Waals surface area contributed by atoms with Crippen molar-refractivity contribution in [3.8, 4) is 11.5 Å². The lowest BCUT2D eigenvalue weighted by molar-refractivity contribution is -0.384. The minimum atomic E-state index is -0.581. The molecule has 0 saturated heterocycles. The predicted molar refractivity (Wildman–Crippen MR) is 66.5 cm³/mol. The van der Waals surface area contributed by atoms with Crippen molar-refractivity contribution in [1.82, 2.24) is 0 Å². The van der Waals surface area contributed by atoms with Crippen LogP contribution in [0.25, 0.3) is 0 Å². The zero-order valence-electron chi connectivity index (χ0n) is 9.14. The van der Waals surface area contributed by atoms with Crippen LogP contribution in [-0.4, -0.2) is 29.4 Å². The van der Waals surface area contributed by atoms with Crippen LogP contribution < -0.4 is 14.8 Å². The van der Waals surface area contributed by atoms with Crippen molar-refractivity contribution in [2.45, 2.75) is 0 Å². The fourth-order valence-corrected chi connectivity index (χ4v) is 1.65. The van der Waals surface area contributed by atoms with Crippen LogP contribution in [-0.2, 0) is 4.79 Å². The van der Waals surface area contributed by atoms with Crippen LogP contribution in [0.4, 0.5) is 11.4 Å². The summed E-state index contributed by atoms with van der Waals surface area (Å²) in [6.07, 6.45) is 0. The van der Waals surface area contributed by atoms with Gasteiger partial charge in [0.25, 0.3) is 5.69 Å². The van der Waals surface area contributed by atoms with E-state index in [0.717, 1.165) is 0 Å². The van der Waals surface area contributed by atoms with Gasteiger partial charge >= 0.3 is 0 Å². The Kier molecular flexibility index (Phi) is 3.66. The smallest absolute Gasteiger partial charge is 0.296 e. The van der Waals surface area contributed by atoms with Crippen LogP contribution in [0.15, 0.2) is 12.1 Å². The first-order valence-electron chi connectivity index (χ1n) is 5.05. The van der Waals surface area contributed by atoms with Gasteiger partial charge in [0, 0.05) is 6.07 Å². The number of nitro groups is 1. The van der Waals surface area contributed by atoms with E-state index in [1.807, 2.05) is 0 Å². The van der Waals surface area contributed by atoms with Crippen molar-refractivity contribution in [3.63, 3.8) is 0 Å². The molecule has 1 aliphatic heterocycles. The number of hydrogen-bond acceptors (Lipinski definition) is 5. The molecule has 96 valence electrons. The van der Waals surface area contributed by atoms with Gasteiger partial charge in [0.05, 0.1) is 16.3 Å². The molecule has 8 heteroatoms. The zero-order chi connectivity index (χ0) is 13.1. The fraction of sp³-hybridized carbons (Fsp3) is 0.300. The Balaban J connectivity index is 2.42. The van der Waals surface area contributed by atoms with Gasteiger partial charge in [-0.15, -0.1) is 0 Å². The Morgan fingerprint density at radius 2 is 2.00 bits per heavy atom. The molecule has 0 radical (unpaired) electrons. The molecule has 0 bridgehead atoms. The number of fused-ring (bicyclic) bond motifs is 1. The molecule has 0 saturated carbocycles. The molecule has 1 aliphatic rings. The number of ether oxygens (including phenoxy) is 2. The second-order valence-corrected chi connectivity index (χ2v) is 4.01. The second kappa shape index (κ2) is 5.21. The number of carbonyl (C=O) groups excluding carboxylic acids is 1. The number of carbonyl (C=O) groups is 1. The molecule has 7 nitrogen and oxygen atoms in total. The zero-order valence-corrected chi connectivity index (χ0v) is 10.7. The summed E-state index contributed by atoms with van der Waals surface area (Å²) in [6.45, 7) is 0.716. The summed E-state index contributed by atoms with van der Waals surface area (Å²) in [4.78, 5) is 21.6.